The number of alkyl carbamates (subject to hydrolysis) is 1. The normalized spacial score (nSPS) is 18.6. The summed E-state index contributed by atoms with van der Waals surface area (Å²) in [5, 5.41) is 2.84. The number of H-pyrrole nitrogens is 1. The predicted octanol–water partition coefficient (Wildman–Crippen LogP) is 4.02. The summed E-state index contributed by atoms with van der Waals surface area (Å²) in [6.45, 7) is 5.82. The number of carbonyl (C=O) groups excluding carboxylic acids is 1. The van der Waals surface area contributed by atoms with Crippen LogP contribution in [-0.2, 0) is 4.74 Å². The lowest BCUT2D eigenvalue weighted by molar-refractivity contribution is 0.106. The summed E-state index contributed by atoms with van der Waals surface area (Å²) in [5.41, 5.74) is 3.99. The molecule has 23 heavy (non-hydrogen) atoms. The Bertz CT molecular complexity index is 740. The van der Waals surface area contributed by atoms with Gasteiger partial charge in [-0.15, -0.1) is 0 Å². The number of hydrogen-bond donors (Lipinski definition) is 2. The van der Waals surface area contributed by atoms with Gasteiger partial charge >= 0.3 is 6.09 Å². The average molecular weight is 313 g/mol. The highest BCUT2D eigenvalue weighted by Crippen LogP contribution is 2.31. The number of nitrogens with one attached hydrogen (secondary N) is 2. The van der Waals surface area contributed by atoms with Crippen molar-refractivity contribution in [1.82, 2.24) is 15.3 Å². The Labute approximate surface area is 136 Å². The highest BCUT2D eigenvalue weighted by molar-refractivity contribution is 5.89. The molecule has 1 atom stereocenters. The summed E-state index contributed by atoms with van der Waals surface area (Å²) in [7, 11) is 0. The Morgan fingerprint density at radius 3 is 3.04 bits per heavy atom. The fraction of sp³-hybridized carbons (Fsp3) is 0.444. The van der Waals surface area contributed by atoms with E-state index in [1.165, 1.54) is 5.57 Å². The maximum absolute atomic E-state index is 12.0. The number of rotatable bonds is 2. The molecule has 3 rings (SSSR count). The molecule has 2 N–H and O–H groups in total. The quantitative estimate of drug-likeness (QED) is 0.880. The van der Waals surface area contributed by atoms with Crippen LogP contribution in [0.25, 0.3) is 16.6 Å². The molecule has 0 aliphatic heterocycles. The number of hydrogen-bond acceptors (Lipinski definition) is 3. The Balaban J connectivity index is 1.78. The number of allylic oxidation sites excluding steroid dienone is 1. The van der Waals surface area contributed by atoms with Gasteiger partial charge in [0.15, 0.2) is 0 Å². The van der Waals surface area contributed by atoms with Gasteiger partial charge in [-0.3, -0.25) is 4.98 Å². The largest absolute Gasteiger partial charge is 0.442 e. The summed E-state index contributed by atoms with van der Waals surface area (Å²) in [5.74, 6) is 0. The van der Waals surface area contributed by atoms with E-state index in [0.717, 1.165) is 35.9 Å². The van der Waals surface area contributed by atoms with E-state index in [9.17, 15) is 4.79 Å². The van der Waals surface area contributed by atoms with Crippen LogP contribution in [0, 0.1) is 0 Å². The van der Waals surface area contributed by atoms with Gasteiger partial charge in [-0.25, -0.2) is 4.79 Å². The fourth-order valence-corrected chi connectivity index (χ4v) is 2.87. The van der Waals surface area contributed by atoms with Crippen LogP contribution in [0.2, 0.25) is 0 Å². The van der Waals surface area contributed by atoms with E-state index in [1.54, 1.807) is 6.20 Å². The van der Waals surface area contributed by atoms with Crippen molar-refractivity contribution in [3.8, 4) is 0 Å². The summed E-state index contributed by atoms with van der Waals surface area (Å²) >= 11 is 0. The SMILES string of the molecule is CC(C)(C)NC(=O)OC1C=C(c2c[nH]c3cccnc23)CCC1. The maximum Gasteiger partial charge on any atom is 0.408 e. The van der Waals surface area contributed by atoms with Crippen molar-refractivity contribution in [2.45, 2.75) is 51.7 Å². The van der Waals surface area contributed by atoms with Gasteiger partial charge in [0.1, 0.15) is 6.10 Å². The standard InChI is InChI=1S/C18H23N3O2/c1-18(2,3)21-17(22)23-13-7-4-6-12(10-13)14-11-20-15-8-5-9-19-16(14)15/h5,8-11,13,20H,4,6-7H2,1-3H3,(H,21,22). The number of nitrogens with zero attached hydrogens (tertiary/aromatic N) is 1. The zero-order valence-corrected chi connectivity index (χ0v) is 13.8. The number of amides is 1. The first-order valence-electron chi connectivity index (χ1n) is 8.04. The minimum Gasteiger partial charge on any atom is -0.442 e. The smallest absolute Gasteiger partial charge is 0.408 e. The third-order valence-corrected chi connectivity index (χ3v) is 3.84. The second kappa shape index (κ2) is 6.07. The molecule has 1 aliphatic carbocycles. The number of carbonyl (C=O) groups is 1. The van der Waals surface area contributed by atoms with Crippen LogP contribution in [0.15, 0.2) is 30.6 Å². The molecular formula is C18H23N3O2. The van der Waals surface area contributed by atoms with Gasteiger partial charge in [0.2, 0.25) is 0 Å². The van der Waals surface area contributed by atoms with Crippen molar-refractivity contribution in [2.75, 3.05) is 0 Å². The lowest BCUT2D eigenvalue weighted by Gasteiger charge is -2.25. The summed E-state index contributed by atoms with van der Waals surface area (Å²) in [4.78, 5) is 19.7. The van der Waals surface area contributed by atoms with E-state index in [2.05, 4.69) is 21.4 Å². The summed E-state index contributed by atoms with van der Waals surface area (Å²) in [6.07, 6.45) is 8.13. The van der Waals surface area contributed by atoms with Crippen LogP contribution in [0.1, 0.15) is 45.6 Å². The van der Waals surface area contributed by atoms with Crippen molar-refractivity contribution in [1.29, 1.82) is 0 Å². The molecule has 0 saturated carbocycles. The monoisotopic (exact) mass is 313 g/mol. The molecule has 0 radical (unpaired) electrons. The average Bonchev–Trinajstić information content (AvgIpc) is 2.89. The van der Waals surface area contributed by atoms with Gasteiger partial charge in [-0.2, -0.15) is 0 Å². The number of aromatic amines is 1. The molecule has 0 fully saturated rings. The lowest BCUT2D eigenvalue weighted by Crippen LogP contribution is -2.42. The number of fused-ring (bicyclic) bond motifs is 1. The minimum absolute atomic E-state index is 0.185. The maximum atomic E-state index is 12.0. The van der Waals surface area contributed by atoms with Gasteiger partial charge < -0.3 is 15.0 Å². The second-order valence-electron chi connectivity index (χ2n) is 7.00. The molecule has 5 heteroatoms. The molecule has 0 saturated heterocycles. The van der Waals surface area contributed by atoms with Crippen LogP contribution < -0.4 is 5.32 Å². The van der Waals surface area contributed by atoms with Gasteiger partial charge in [-0.1, -0.05) is 0 Å². The van der Waals surface area contributed by atoms with Crippen LogP contribution in [0.5, 0.6) is 0 Å². The zero-order valence-electron chi connectivity index (χ0n) is 13.8. The molecule has 0 aromatic carbocycles. The third-order valence-electron chi connectivity index (χ3n) is 3.84. The van der Waals surface area contributed by atoms with Gasteiger partial charge in [0.25, 0.3) is 0 Å². The first-order valence-corrected chi connectivity index (χ1v) is 8.04. The molecule has 0 bridgehead atoms. The van der Waals surface area contributed by atoms with Gasteiger partial charge in [0.05, 0.1) is 11.0 Å². The first-order chi connectivity index (χ1) is 10.9. The summed E-state index contributed by atoms with van der Waals surface area (Å²) in [6, 6.07) is 3.93. The van der Waals surface area contributed by atoms with E-state index in [-0.39, 0.29) is 17.7 Å². The molecule has 2 aromatic heterocycles. The number of pyridine rings is 1. The van der Waals surface area contributed by atoms with E-state index in [0.29, 0.717) is 0 Å². The minimum atomic E-state index is -0.364. The van der Waals surface area contributed by atoms with Crippen molar-refractivity contribution in [3.05, 3.63) is 36.2 Å². The third kappa shape index (κ3) is 3.73. The van der Waals surface area contributed by atoms with Crippen LogP contribution in [0.4, 0.5) is 4.79 Å². The molecular weight excluding hydrogens is 290 g/mol. The molecule has 0 spiro atoms. The van der Waals surface area contributed by atoms with Crippen molar-refractivity contribution in [3.63, 3.8) is 0 Å². The molecule has 2 aromatic rings. The Morgan fingerprint density at radius 2 is 2.26 bits per heavy atom. The zero-order chi connectivity index (χ0) is 16.4. The van der Waals surface area contributed by atoms with E-state index in [1.807, 2.05) is 39.1 Å². The Hall–Kier alpha value is -2.30. The highest BCUT2D eigenvalue weighted by atomic mass is 16.6. The molecule has 5 nitrogen and oxygen atoms in total. The predicted molar refractivity (Wildman–Crippen MR) is 91.1 cm³/mol. The first kappa shape index (κ1) is 15.6. The lowest BCUT2D eigenvalue weighted by atomic mass is 9.93. The van der Waals surface area contributed by atoms with Crippen LogP contribution in [-0.4, -0.2) is 27.7 Å². The fourth-order valence-electron chi connectivity index (χ4n) is 2.87. The molecule has 1 aliphatic rings. The number of aromatic nitrogens is 2. The summed E-state index contributed by atoms with van der Waals surface area (Å²) < 4.78 is 5.55. The van der Waals surface area contributed by atoms with Crippen molar-refractivity contribution >= 4 is 22.7 Å². The molecule has 122 valence electrons. The van der Waals surface area contributed by atoms with E-state index >= 15 is 0 Å². The van der Waals surface area contributed by atoms with Gasteiger partial charge in [-0.05, 0) is 63.8 Å². The number of ether oxygens (including phenoxy) is 1. The van der Waals surface area contributed by atoms with E-state index < -0.39 is 0 Å². The molecule has 1 amide bonds. The van der Waals surface area contributed by atoms with Crippen molar-refractivity contribution in [2.24, 2.45) is 0 Å². The molecule has 1 unspecified atom stereocenters. The highest BCUT2D eigenvalue weighted by Gasteiger charge is 2.22. The topological polar surface area (TPSA) is 67.0 Å². The Morgan fingerprint density at radius 1 is 1.43 bits per heavy atom. The van der Waals surface area contributed by atoms with Crippen molar-refractivity contribution < 1.29 is 9.53 Å². The second-order valence-corrected chi connectivity index (χ2v) is 7.00. The van der Waals surface area contributed by atoms with Gasteiger partial charge in [0, 0.05) is 23.5 Å². The Kier molecular flexibility index (Phi) is 4.11. The molecule has 2 heterocycles. The van der Waals surface area contributed by atoms with Crippen LogP contribution in [0.3, 0.4) is 0 Å². The van der Waals surface area contributed by atoms with Crippen LogP contribution >= 0.6 is 0 Å². The van der Waals surface area contributed by atoms with E-state index in [4.69, 9.17) is 4.74 Å².